The van der Waals surface area contributed by atoms with E-state index in [0.717, 1.165) is 16.3 Å². The van der Waals surface area contributed by atoms with Crippen molar-refractivity contribution >= 4 is 22.4 Å². The molecule has 2 heterocycles. The van der Waals surface area contributed by atoms with Crippen molar-refractivity contribution in [1.82, 2.24) is 19.1 Å². The van der Waals surface area contributed by atoms with Crippen LogP contribution < -0.4 is 5.32 Å². The molecule has 0 spiro atoms. The Morgan fingerprint density at radius 3 is 2.89 bits per heavy atom. The Labute approximate surface area is 116 Å². The zero-order valence-corrected chi connectivity index (χ0v) is 12.3. The number of nitrogens with zero attached hydrogens (tertiary/aromatic N) is 4. The second-order valence-electron chi connectivity index (χ2n) is 4.41. The Morgan fingerprint density at radius 2 is 2.32 bits per heavy atom. The lowest BCUT2D eigenvalue weighted by Gasteiger charge is -2.16. The normalized spacial score (nSPS) is 10.5. The van der Waals surface area contributed by atoms with Crippen LogP contribution in [0.25, 0.3) is 0 Å². The number of rotatable bonds is 4. The van der Waals surface area contributed by atoms with Gasteiger partial charge in [-0.25, -0.2) is 0 Å². The number of amides is 1. The molecule has 0 bridgehead atoms. The molecule has 1 amide bonds. The van der Waals surface area contributed by atoms with E-state index in [9.17, 15) is 4.79 Å². The summed E-state index contributed by atoms with van der Waals surface area (Å²) in [7, 11) is 5.44. The second kappa shape index (κ2) is 5.40. The molecule has 0 atom stereocenters. The van der Waals surface area contributed by atoms with Gasteiger partial charge in [-0.15, -0.1) is 0 Å². The van der Waals surface area contributed by atoms with Crippen molar-refractivity contribution in [1.29, 1.82) is 0 Å². The van der Waals surface area contributed by atoms with Crippen LogP contribution in [0.2, 0.25) is 0 Å². The van der Waals surface area contributed by atoms with E-state index in [0.29, 0.717) is 12.1 Å². The summed E-state index contributed by atoms with van der Waals surface area (Å²) in [4.78, 5) is 14.1. The van der Waals surface area contributed by atoms with Crippen molar-refractivity contribution in [3.8, 4) is 0 Å². The summed E-state index contributed by atoms with van der Waals surface area (Å²) in [6.45, 7) is 2.38. The molecular formula is C12H17N5OS. The van der Waals surface area contributed by atoms with Crippen LogP contribution in [0, 0.1) is 6.92 Å². The van der Waals surface area contributed by atoms with Crippen molar-refractivity contribution in [2.24, 2.45) is 7.05 Å². The molecule has 0 saturated carbocycles. The highest BCUT2D eigenvalue weighted by Crippen LogP contribution is 2.25. The van der Waals surface area contributed by atoms with E-state index in [1.807, 2.05) is 20.2 Å². The predicted octanol–water partition coefficient (Wildman–Crippen LogP) is 1.50. The third-order valence-corrected chi connectivity index (χ3v) is 3.78. The van der Waals surface area contributed by atoms with E-state index < -0.39 is 0 Å². The highest BCUT2D eigenvalue weighted by molar-refractivity contribution is 7.10. The summed E-state index contributed by atoms with van der Waals surface area (Å²) in [5, 5.41) is 7.92. The van der Waals surface area contributed by atoms with Gasteiger partial charge in [0, 0.05) is 39.4 Å². The van der Waals surface area contributed by atoms with Gasteiger partial charge in [0.05, 0.1) is 17.5 Å². The van der Waals surface area contributed by atoms with Gasteiger partial charge in [-0.1, -0.05) is 0 Å². The largest absolute Gasteiger partial charge is 0.378 e. The van der Waals surface area contributed by atoms with E-state index in [1.165, 1.54) is 11.5 Å². The Kier molecular flexibility index (Phi) is 3.84. The molecule has 0 aliphatic carbocycles. The van der Waals surface area contributed by atoms with E-state index in [-0.39, 0.29) is 5.91 Å². The summed E-state index contributed by atoms with van der Waals surface area (Å²) < 4.78 is 5.94. The molecule has 0 radical (unpaired) electrons. The van der Waals surface area contributed by atoms with Crippen molar-refractivity contribution in [3.05, 3.63) is 29.2 Å². The fraction of sp³-hybridized carbons (Fsp3) is 0.417. The lowest BCUT2D eigenvalue weighted by Crippen LogP contribution is -2.26. The van der Waals surface area contributed by atoms with Crippen LogP contribution in [0.5, 0.6) is 0 Å². The van der Waals surface area contributed by atoms with Crippen molar-refractivity contribution in [3.63, 3.8) is 0 Å². The first-order valence-corrected chi connectivity index (χ1v) is 6.67. The van der Waals surface area contributed by atoms with Crippen LogP contribution in [-0.4, -0.2) is 39.1 Å². The smallest absolute Gasteiger partial charge is 0.258 e. The highest BCUT2D eigenvalue weighted by atomic mass is 32.1. The number of hydrogen-bond acceptors (Lipinski definition) is 5. The van der Waals surface area contributed by atoms with Crippen molar-refractivity contribution < 1.29 is 4.79 Å². The standard InChI is InChI=1S/C12H17N5OS/c1-8-10(11(13-2)19-15-8)12(18)16(3)6-9-5-14-17(4)7-9/h5,7,13H,6H2,1-4H3. The summed E-state index contributed by atoms with van der Waals surface area (Å²) in [5.74, 6) is -0.0283. The molecule has 1 N–H and O–H groups in total. The molecule has 6 nitrogen and oxygen atoms in total. The van der Waals surface area contributed by atoms with Gasteiger partial charge < -0.3 is 10.2 Å². The van der Waals surface area contributed by atoms with E-state index >= 15 is 0 Å². The molecule has 2 rings (SSSR count). The SMILES string of the molecule is CNc1snc(C)c1C(=O)N(C)Cc1cnn(C)c1. The molecular weight excluding hydrogens is 262 g/mol. The molecule has 0 aliphatic rings. The number of hydrogen-bond donors (Lipinski definition) is 1. The first kappa shape index (κ1) is 13.5. The Balaban J connectivity index is 2.16. The van der Waals surface area contributed by atoms with Crippen LogP contribution in [0.1, 0.15) is 21.6 Å². The number of carbonyl (C=O) groups is 1. The van der Waals surface area contributed by atoms with Gasteiger partial charge >= 0.3 is 0 Å². The molecule has 0 fully saturated rings. The first-order valence-electron chi connectivity index (χ1n) is 5.90. The molecule has 2 aromatic heterocycles. The predicted molar refractivity (Wildman–Crippen MR) is 75.4 cm³/mol. The van der Waals surface area contributed by atoms with Gasteiger partial charge in [-0.2, -0.15) is 9.47 Å². The minimum Gasteiger partial charge on any atom is -0.378 e. The number of aromatic nitrogens is 3. The van der Waals surface area contributed by atoms with Gasteiger partial charge in [0.1, 0.15) is 5.00 Å². The topological polar surface area (TPSA) is 63.1 Å². The number of carbonyl (C=O) groups excluding carboxylic acids is 1. The van der Waals surface area contributed by atoms with Gasteiger partial charge in [-0.05, 0) is 18.5 Å². The molecule has 0 aromatic carbocycles. The maximum Gasteiger partial charge on any atom is 0.258 e. The average Bonchev–Trinajstić information content (AvgIpc) is 2.94. The first-order chi connectivity index (χ1) is 9.02. The maximum absolute atomic E-state index is 12.4. The van der Waals surface area contributed by atoms with Crippen molar-refractivity contribution in [2.45, 2.75) is 13.5 Å². The van der Waals surface area contributed by atoms with Gasteiger partial charge in [0.25, 0.3) is 5.91 Å². The van der Waals surface area contributed by atoms with E-state index in [2.05, 4.69) is 14.8 Å². The Hall–Kier alpha value is -1.89. The fourth-order valence-corrected chi connectivity index (χ4v) is 2.62. The maximum atomic E-state index is 12.4. The summed E-state index contributed by atoms with van der Waals surface area (Å²) in [6, 6.07) is 0. The van der Waals surface area contributed by atoms with E-state index in [1.54, 1.807) is 29.9 Å². The zero-order valence-electron chi connectivity index (χ0n) is 11.5. The Morgan fingerprint density at radius 1 is 1.58 bits per heavy atom. The molecule has 0 saturated heterocycles. The quantitative estimate of drug-likeness (QED) is 0.921. The summed E-state index contributed by atoms with van der Waals surface area (Å²) in [5.41, 5.74) is 2.42. The van der Waals surface area contributed by atoms with Crippen LogP contribution in [0.3, 0.4) is 0 Å². The lowest BCUT2D eigenvalue weighted by molar-refractivity contribution is 0.0785. The number of nitrogens with one attached hydrogen (secondary N) is 1. The Bertz CT molecular complexity index is 589. The average molecular weight is 279 g/mol. The third-order valence-electron chi connectivity index (χ3n) is 2.83. The van der Waals surface area contributed by atoms with Crippen LogP contribution in [0.15, 0.2) is 12.4 Å². The number of anilines is 1. The second-order valence-corrected chi connectivity index (χ2v) is 5.18. The lowest BCUT2D eigenvalue weighted by atomic mass is 10.2. The van der Waals surface area contributed by atoms with Gasteiger partial charge in [-0.3, -0.25) is 9.48 Å². The summed E-state index contributed by atoms with van der Waals surface area (Å²) in [6.07, 6.45) is 3.67. The van der Waals surface area contributed by atoms with Gasteiger partial charge in [0.15, 0.2) is 0 Å². The molecule has 2 aromatic rings. The van der Waals surface area contributed by atoms with Crippen LogP contribution in [-0.2, 0) is 13.6 Å². The van der Waals surface area contributed by atoms with Crippen LogP contribution >= 0.6 is 11.5 Å². The minimum atomic E-state index is -0.0283. The molecule has 0 unspecified atom stereocenters. The summed E-state index contributed by atoms with van der Waals surface area (Å²) >= 11 is 1.31. The van der Waals surface area contributed by atoms with Gasteiger partial charge in [0.2, 0.25) is 0 Å². The minimum absolute atomic E-state index is 0.0283. The van der Waals surface area contributed by atoms with E-state index in [4.69, 9.17) is 0 Å². The molecule has 7 heteroatoms. The zero-order chi connectivity index (χ0) is 14.0. The molecule has 0 aliphatic heterocycles. The van der Waals surface area contributed by atoms with Crippen LogP contribution in [0.4, 0.5) is 5.00 Å². The highest BCUT2D eigenvalue weighted by Gasteiger charge is 2.21. The number of aryl methyl sites for hydroxylation is 2. The molecule has 102 valence electrons. The van der Waals surface area contributed by atoms with Crippen molar-refractivity contribution in [2.75, 3.05) is 19.4 Å². The molecule has 19 heavy (non-hydrogen) atoms. The third kappa shape index (κ3) is 2.76. The fourth-order valence-electron chi connectivity index (χ4n) is 1.88. The monoisotopic (exact) mass is 279 g/mol.